The molecule has 2 atom stereocenters. The van der Waals surface area contributed by atoms with Crippen molar-refractivity contribution in [2.75, 3.05) is 19.6 Å². The molecule has 3 heterocycles. The van der Waals surface area contributed by atoms with E-state index < -0.39 is 23.6 Å². The van der Waals surface area contributed by atoms with E-state index in [4.69, 9.17) is 0 Å². The fraction of sp³-hybridized carbons (Fsp3) is 0.429. The number of aromatic nitrogens is 1. The number of likely N-dealkylation sites (tertiary alicyclic amines) is 1. The Kier molecular flexibility index (Phi) is 4.74. The molecule has 1 aromatic heterocycles. The molecule has 152 valence electrons. The number of para-hydroxylation sites is 1. The molecule has 2 aromatic rings. The Bertz CT molecular complexity index is 984. The molecule has 2 saturated heterocycles. The maximum absolute atomic E-state index is 12.7. The van der Waals surface area contributed by atoms with Crippen LogP contribution in [-0.4, -0.2) is 69.0 Å². The standard InChI is InChI=1S/C21H24N4O4/c1-21(2)19(28)25(20(29)23-21)12-18(27)24-10-14(17(26)11-24)9-13-7-8-22-16-6-4-3-5-15(13)16/h3-8,14,17,26H,9-12H2,1-2H3,(H,23,29)/t14-,17+/m1/s1. The number of nitrogens with one attached hydrogen (secondary N) is 1. The van der Waals surface area contributed by atoms with Gasteiger partial charge in [-0.15, -0.1) is 0 Å². The molecule has 29 heavy (non-hydrogen) atoms. The molecule has 1 aromatic carbocycles. The average Bonchev–Trinajstić information content (AvgIpc) is 3.14. The number of aliphatic hydroxyl groups is 1. The van der Waals surface area contributed by atoms with Gasteiger partial charge in [0.2, 0.25) is 5.91 Å². The first-order valence-electron chi connectivity index (χ1n) is 9.69. The number of urea groups is 1. The molecule has 2 aliphatic rings. The number of hydrogen-bond donors (Lipinski definition) is 2. The van der Waals surface area contributed by atoms with Crippen LogP contribution in [0, 0.1) is 5.92 Å². The van der Waals surface area contributed by atoms with Crippen LogP contribution in [0.5, 0.6) is 0 Å². The molecule has 8 nitrogen and oxygen atoms in total. The number of carbonyl (C=O) groups excluding carboxylic acids is 3. The minimum Gasteiger partial charge on any atom is -0.391 e. The molecule has 4 rings (SSSR count). The van der Waals surface area contributed by atoms with Crippen LogP contribution < -0.4 is 5.32 Å². The fourth-order valence-corrected chi connectivity index (χ4v) is 4.07. The van der Waals surface area contributed by atoms with E-state index in [0.717, 1.165) is 21.4 Å². The lowest BCUT2D eigenvalue weighted by Crippen LogP contribution is -2.44. The Morgan fingerprint density at radius 1 is 1.24 bits per heavy atom. The normalized spacial score (nSPS) is 23.7. The van der Waals surface area contributed by atoms with Gasteiger partial charge in [-0.2, -0.15) is 0 Å². The second-order valence-corrected chi connectivity index (χ2v) is 8.26. The summed E-state index contributed by atoms with van der Waals surface area (Å²) in [6.07, 6.45) is 1.70. The van der Waals surface area contributed by atoms with Crippen LogP contribution in [0.4, 0.5) is 4.79 Å². The second kappa shape index (κ2) is 7.11. The second-order valence-electron chi connectivity index (χ2n) is 8.26. The van der Waals surface area contributed by atoms with Crippen molar-refractivity contribution in [3.63, 3.8) is 0 Å². The quantitative estimate of drug-likeness (QED) is 0.749. The number of amides is 4. The maximum Gasteiger partial charge on any atom is 0.325 e. The molecule has 2 fully saturated rings. The molecule has 0 saturated carbocycles. The lowest BCUT2D eigenvalue weighted by atomic mass is 9.94. The molecule has 2 N–H and O–H groups in total. The van der Waals surface area contributed by atoms with Crippen LogP contribution in [0.3, 0.4) is 0 Å². The van der Waals surface area contributed by atoms with Gasteiger partial charge in [-0.1, -0.05) is 18.2 Å². The molecule has 0 spiro atoms. The van der Waals surface area contributed by atoms with E-state index in [2.05, 4.69) is 10.3 Å². The number of pyridine rings is 1. The van der Waals surface area contributed by atoms with Gasteiger partial charge in [0.1, 0.15) is 12.1 Å². The topological polar surface area (TPSA) is 103 Å². The third kappa shape index (κ3) is 3.55. The molecular weight excluding hydrogens is 372 g/mol. The molecule has 0 aliphatic carbocycles. The zero-order chi connectivity index (χ0) is 20.8. The number of nitrogens with zero attached hydrogens (tertiary/aromatic N) is 3. The number of β-amino-alcohol motifs (C(OH)–C–C–N with tert-alkyl or cyclic N) is 1. The first kappa shape index (κ1) is 19.3. The van der Waals surface area contributed by atoms with Crippen molar-refractivity contribution in [1.29, 1.82) is 0 Å². The van der Waals surface area contributed by atoms with Gasteiger partial charge in [0.15, 0.2) is 0 Å². The summed E-state index contributed by atoms with van der Waals surface area (Å²) < 4.78 is 0. The fourth-order valence-electron chi connectivity index (χ4n) is 4.07. The van der Waals surface area contributed by atoms with Crippen molar-refractivity contribution >= 4 is 28.7 Å². The van der Waals surface area contributed by atoms with Crippen molar-refractivity contribution in [3.8, 4) is 0 Å². The van der Waals surface area contributed by atoms with E-state index in [-0.39, 0.29) is 24.9 Å². The van der Waals surface area contributed by atoms with Crippen LogP contribution >= 0.6 is 0 Å². The van der Waals surface area contributed by atoms with Gasteiger partial charge in [-0.05, 0) is 38.0 Å². The molecule has 0 radical (unpaired) electrons. The monoisotopic (exact) mass is 396 g/mol. The summed E-state index contributed by atoms with van der Waals surface area (Å²) in [5.74, 6) is -0.882. The SMILES string of the molecule is CC1(C)NC(=O)N(CC(=O)N2C[C@@H](Cc3ccnc4ccccc34)[C@@H](O)C2)C1=O. The van der Waals surface area contributed by atoms with Gasteiger partial charge >= 0.3 is 6.03 Å². The summed E-state index contributed by atoms with van der Waals surface area (Å²) in [4.78, 5) is 43.8. The highest BCUT2D eigenvalue weighted by Crippen LogP contribution is 2.26. The zero-order valence-corrected chi connectivity index (χ0v) is 16.5. The van der Waals surface area contributed by atoms with Gasteiger partial charge in [0.25, 0.3) is 5.91 Å². The maximum atomic E-state index is 12.7. The van der Waals surface area contributed by atoms with E-state index in [0.29, 0.717) is 13.0 Å². The number of aliphatic hydroxyl groups excluding tert-OH is 1. The summed E-state index contributed by atoms with van der Waals surface area (Å²) in [6.45, 7) is 3.47. The lowest BCUT2D eigenvalue weighted by Gasteiger charge is -2.20. The minimum absolute atomic E-state index is 0.121. The third-order valence-electron chi connectivity index (χ3n) is 5.72. The van der Waals surface area contributed by atoms with Crippen molar-refractivity contribution in [2.45, 2.75) is 31.9 Å². The Morgan fingerprint density at radius 3 is 2.72 bits per heavy atom. The van der Waals surface area contributed by atoms with E-state index in [9.17, 15) is 19.5 Å². The summed E-state index contributed by atoms with van der Waals surface area (Å²) in [6, 6.07) is 9.21. The van der Waals surface area contributed by atoms with Crippen LogP contribution in [-0.2, 0) is 16.0 Å². The molecule has 0 unspecified atom stereocenters. The Balaban J connectivity index is 1.44. The Labute approximate surface area is 168 Å². The highest BCUT2D eigenvalue weighted by molar-refractivity contribution is 6.08. The van der Waals surface area contributed by atoms with E-state index in [1.807, 2.05) is 30.3 Å². The van der Waals surface area contributed by atoms with Crippen molar-refractivity contribution in [1.82, 2.24) is 20.1 Å². The van der Waals surface area contributed by atoms with Crippen LogP contribution in [0.15, 0.2) is 36.5 Å². The smallest absolute Gasteiger partial charge is 0.325 e. The largest absolute Gasteiger partial charge is 0.391 e. The van der Waals surface area contributed by atoms with E-state index in [1.54, 1.807) is 20.0 Å². The highest BCUT2D eigenvalue weighted by atomic mass is 16.3. The minimum atomic E-state index is -1.01. The van der Waals surface area contributed by atoms with Gasteiger partial charge in [-0.3, -0.25) is 19.5 Å². The first-order valence-corrected chi connectivity index (χ1v) is 9.69. The van der Waals surface area contributed by atoms with Gasteiger partial charge in [0.05, 0.1) is 11.6 Å². The van der Waals surface area contributed by atoms with Crippen molar-refractivity contribution in [2.24, 2.45) is 5.92 Å². The first-order chi connectivity index (χ1) is 13.8. The predicted molar refractivity (Wildman–Crippen MR) is 106 cm³/mol. The number of benzene rings is 1. The number of carbonyl (C=O) groups is 3. The van der Waals surface area contributed by atoms with Crippen molar-refractivity contribution in [3.05, 3.63) is 42.1 Å². The summed E-state index contributed by atoms with van der Waals surface area (Å²) in [7, 11) is 0. The number of hydrogen-bond acceptors (Lipinski definition) is 5. The van der Waals surface area contributed by atoms with Gasteiger partial charge in [-0.25, -0.2) is 4.79 Å². The van der Waals surface area contributed by atoms with Crippen molar-refractivity contribution < 1.29 is 19.5 Å². The summed E-state index contributed by atoms with van der Waals surface area (Å²) >= 11 is 0. The summed E-state index contributed by atoms with van der Waals surface area (Å²) in [5, 5.41) is 14.1. The van der Waals surface area contributed by atoms with Crippen LogP contribution in [0.2, 0.25) is 0 Å². The molecular formula is C21H24N4O4. The van der Waals surface area contributed by atoms with E-state index >= 15 is 0 Å². The Hall–Kier alpha value is -3.00. The summed E-state index contributed by atoms with van der Waals surface area (Å²) in [5.41, 5.74) is 0.962. The molecule has 4 amide bonds. The molecule has 0 bridgehead atoms. The van der Waals surface area contributed by atoms with Gasteiger partial charge < -0.3 is 15.3 Å². The van der Waals surface area contributed by atoms with Crippen LogP contribution in [0.25, 0.3) is 10.9 Å². The molecule has 2 aliphatic heterocycles. The van der Waals surface area contributed by atoms with E-state index in [1.165, 1.54) is 4.90 Å². The predicted octanol–water partition coefficient (Wildman–Crippen LogP) is 0.927. The number of imide groups is 1. The number of fused-ring (bicyclic) bond motifs is 1. The highest BCUT2D eigenvalue weighted by Gasteiger charge is 2.46. The van der Waals surface area contributed by atoms with Crippen LogP contribution in [0.1, 0.15) is 19.4 Å². The average molecular weight is 396 g/mol. The number of rotatable bonds is 4. The zero-order valence-electron chi connectivity index (χ0n) is 16.5. The third-order valence-corrected chi connectivity index (χ3v) is 5.72. The Morgan fingerprint density at radius 2 is 2.00 bits per heavy atom. The van der Waals surface area contributed by atoms with Gasteiger partial charge in [0, 0.05) is 30.6 Å². The molecule has 8 heteroatoms. The lowest BCUT2D eigenvalue weighted by molar-refractivity contribution is -0.138.